The Balaban J connectivity index is 2.19. The monoisotopic (exact) mass is 332 g/mol. The van der Waals surface area contributed by atoms with Crippen molar-refractivity contribution in [2.75, 3.05) is 19.6 Å². The Labute approximate surface area is 133 Å². The lowest BCUT2D eigenvalue weighted by Gasteiger charge is -2.48. The van der Waals surface area contributed by atoms with Crippen LogP contribution in [0.1, 0.15) is 19.8 Å². The molecule has 1 aliphatic rings. The second-order valence-corrected chi connectivity index (χ2v) is 7.21. The van der Waals surface area contributed by atoms with Crippen LogP contribution in [-0.2, 0) is 4.79 Å². The number of carbonyl (C=O) groups excluding carboxylic acids is 1. The van der Waals surface area contributed by atoms with Gasteiger partial charge in [0.15, 0.2) is 0 Å². The van der Waals surface area contributed by atoms with Crippen molar-refractivity contribution in [3.63, 3.8) is 0 Å². The summed E-state index contributed by atoms with van der Waals surface area (Å²) in [6.07, 6.45) is 1.79. The van der Waals surface area contributed by atoms with Crippen LogP contribution in [0.3, 0.4) is 0 Å². The van der Waals surface area contributed by atoms with Gasteiger partial charge in [-0.3, -0.25) is 4.79 Å². The van der Waals surface area contributed by atoms with E-state index in [9.17, 15) is 4.79 Å². The van der Waals surface area contributed by atoms with Crippen molar-refractivity contribution in [2.24, 2.45) is 5.73 Å². The van der Waals surface area contributed by atoms with Crippen LogP contribution in [0, 0.1) is 0 Å². The molecule has 0 spiro atoms. The summed E-state index contributed by atoms with van der Waals surface area (Å²) >= 11 is 13.8. The van der Waals surface area contributed by atoms with Crippen LogP contribution in [0.2, 0.25) is 10.0 Å². The third-order valence-electron chi connectivity index (χ3n) is 3.37. The van der Waals surface area contributed by atoms with Gasteiger partial charge >= 0.3 is 0 Å². The van der Waals surface area contributed by atoms with Gasteiger partial charge in [-0.15, -0.1) is 11.8 Å². The molecule has 1 aliphatic heterocycles. The van der Waals surface area contributed by atoms with E-state index >= 15 is 0 Å². The van der Waals surface area contributed by atoms with Crippen molar-refractivity contribution in [2.45, 2.75) is 29.4 Å². The molecular formula is C14H18Cl2N2OS. The predicted molar refractivity (Wildman–Crippen MR) is 85.6 cm³/mol. The van der Waals surface area contributed by atoms with Crippen LogP contribution in [0.5, 0.6) is 0 Å². The van der Waals surface area contributed by atoms with Gasteiger partial charge in [0.1, 0.15) is 4.75 Å². The van der Waals surface area contributed by atoms with Crippen molar-refractivity contribution in [3.8, 4) is 0 Å². The van der Waals surface area contributed by atoms with E-state index in [1.54, 1.807) is 17.0 Å². The molecule has 2 N–H and O–H groups in total. The summed E-state index contributed by atoms with van der Waals surface area (Å²) in [6.45, 7) is 3.93. The molecule has 1 fully saturated rings. The molecule has 1 unspecified atom stereocenters. The summed E-state index contributed by atoms with van der Waals surface area (Å²) in [4.78, 5) is 15.1. The molecule has 1 saturated heterocycles. The largest absolute Gasteiger partial charge is 0.338 e. The van der Waals surface area contributed by atoms with E-state index in [-0.39, 0.29) is 5.91 Å². The average Bonchev–Trinajstić information content (AvgIpc) is 2.42. The van der Waals surface area contributed by atoms with Crippen LogP contribution >= 0.6 is 35.0 Å². The zero-order valence-electron chi connectivity index (χ0n) is 11.4. The van der Waals surface area contributed by atoms with Gasteiger partial charge in [0.2, 0.25) is 5.91 Å². The molecule has 1 aromatic rings. The molecule has 6 heteroatoms. The second kappa shape index (κ2) is 6.56. The molecule has 1 aromatic carbocycles. The first-order valence-corrected chi connectivity index (χ1v) is 8.23. The first kappa shape index (κ1) is 16.0. The van der Waals surface area contributed by atoms with Gasteiger partial charge in [-0.05, 0) is 24.6 Å². The number of benzene rings is 1. The fourth-order valence-corrected chi connectivity index (χ4v) is 4.45. The highest BCUT2D eigenvalue weighted by molar-refractivity contribution is 8.01. The smallest absolute Gasteiger partial charge is 0.241 e. The van der Waals surface area contributed by atoms with Gasteiger partial charge in [0.05, 0.1) is 5.02 Å². The normalized spacial score (nSPS) is 22.0. The second-order valence-electron chi connectivity index (χ2n) is 4.94. The number of nitrogens with two attached hydrogens (primary N) is 1. The fourth-order valence-electron chi connectivity index (χ4n) is 2.46. The fraction of sp³-hybridized carbons (Fsp3) is 0.500. The van der Waals surface area contributed by atoms with Gasteiger partial charge < -0.3 is 10.6 Å². The number of likely N-dealkylation sites (tertiary alicyclic amines) is 1. The number of nitrogens with zero attached hydrogens (tertiary/aromatic N) is 1. The van der Waals surface area contributed by atoms with Gasteiger partial charge in [0, 0.05) is 29.6 Å². The number of carbonyl (C=O) groups is 1. The Morgan fingerprint density at radius 3 is 2.80 bits per heavy atom. The summed E-state index contributed by atoms with van der Waals surface area (Å²) in [5.41, 5.74) is 5.52. The number of hydrogen-bond donors (Lipinski definition) is 1. The van der Waals surface area contributed by atoms with E-state index in [0.29, 0.717) is 23.1 Å². The standard InChI is InChI=1S/C14H18Cl2N2OS/c1-2-5-14(9-18(7-6-17)13(14)19)20-12-8-10(15)3-4-11(12)16/h3-4,8H,2,5-7,9,17H2,1H3. The molecule has 20 heavy (non-hydrogen) atoms. The third kappa shape index (κ3) is 3.08. The van der Waals surface area contributed by atoms with Gasteiger partial charge in [0.25, 0.3) is 0 Å². The molecule has 0 aromatic heterocycles. The number of thioether (sulfide) groups is 1. The molecule has 0 bridgehead atoms. The third-order valence-corrected chi connectivity index (χ3v) is 5.51. The molecule has 0 saturated carbocycles. The maximum absolute atomic E-state index is 12.4. The molecule has 3 nitrogen and oxygen atoms in total. The number of halogens is 2. The van der Waals surface area contributed by atoms with Gasteiger partial charge in [-0.1, -0.05) is 36.5 Å². The number of rotatable bonds is 6. The van der Waals surface area contributed by atoms with E-state index in [0.717, 1.165) is 24.3 Å². The highest BCUT2D eigenvalue weighted by atomic mass is 35.5. The average molecular weight is 333 g/mol. The molecule has 0 aliphatic carbocycles. The molecule has 0 radical (unpaired) electrons. The number of hydrogen-bond acceptors (Lipinski definition) is 3. The van der Waals surface area contributed by atoms with E-state index in [2.05, 4.69) is 6.92 Å². The van der Waals surface area contributed by atoms with Crippen LogP contribution in [-0.4, -0.2) is 35.2 Å². The van der Waals surface area contributed by atoms with Crippen LogP contribution < -0.4 is 5.73 Å². The van der Waals surface area contributed by atoms with Gasteiger partial charge in [-0.25, -0.2) is 0 Å². The highest BCUT2D eigenvalue weighted by Gasteiger charge is 2.51. The topological polar surface area (TPSA) is 46.3 Å². The van der Waals surface area contributed by atoms with Crippen molar-refractivity contribution in [3.05, 3.63) is 28.2 Å². The Morgan fingerprint density at radius 1 is 1.45 bits per heavy atom. The van der Waals surface area contributed by atoms with Gasteiger partial charge in [-0.2, -0.15) is 0 Å². The lowest BCUT2D eigenvalue weighted by Crippen LogP contribution is -2.65. The summed E-state index contributed by atoms with van der Waals surface area (Å²) < 4.78 is -0.405. The summed E-state index contributed by atoms with van der Waals surface area (Å²) in [6, 6.07) is 5.35. The quantitative estimate of drug-likeness (QED) is 0.812. The Bertz CT molecular complexity index is 512. The van der Waals surface area contributed by atoms with Crippen molar-refractivity contribution >= 4 is 40.9 Å². The maximum atomic E-state index is 12.4. The summed E-state index contributed by atoms with van der Waals surface area (Å²) in [5, 5.41) is 1.27. The maximum Gasteiger partial charge on any atom is 0.241 e. The summed E-state index contributed by atoms with van der Waals surface area (Å²) in [7, 11) is 0. The molecule has 110 valence electrons. The Kier molecular flexibility index (Phi) is 5.24. The van der Waals surface area contributed by atoms with Crippen LogP contribution in [0.25, 0.3) is 0 Å². The Morgan fingerprint density at radius 2 is 2.20 bits per heavy atom. The van der Waals surface area contributed by atoms with Crippen molar-refractivity contribution < 1.29 is 4.79 Å². The molecule has 1 amide bonds. The van der Waals surface area contributed by atoms with E-state index in [4.69, 9.17) is 28.9 Å². The molecule has 1 heterocycles. The highest BCUT2D eigenvalue weighted by Crippen LogP contribution is 2.46. The number of β-lactam (4-membered cyclic amide) rings is 1. The van der Waals surface area contributed by atoms with Crippen LogP contribution in [0.4, 0.5) is 0 Å². The molecular weight excluding hydrogens is 315 g/mol. The molecule has 2 rings (SSSR count). The first-order chi connectivity index (χ1) is 9.52. The minimum absolute atomic E-state index is 0.158. The minimum Gasteiger partial charge on any atom is -0.338 e. The Hall–Kier alpha value is -0.420. The lowest BCUT2D eigenvalue weighted by molar-refractivity contribution is -0.144. The number of amides is 1. The van der Waals surface area contributed by atoms with E-state index in [1.807, 2.05) is 6.07 Å². The van der Waals surface area contributed by atoms with Crippen molar-refractivity contribution in [1.29, 1.82) is 0 Å². The predicted octanol–water partition coefficient (Wildman–Crippen LogP) is 3.43. The first-order valence-electron chi connectivity index (χ1n) is 6.66. The van der Waals surface area contributed by atoms with Crippen molar-refractivity contribution in [1.82, 2.24) is 4.90 Å². The summed E-state index contributed by atoms with van der Waals surface area (Å²) in [5.74, 6) is 0.158. The lowest BCUT2D eigenvalue weighted by atomic mass is 9.92. The van der Waals surface area contributed by atoms with Crippen LogP contribution in [0.15, 0.2) is 23.1 Å². The van der Waals surface area contributed by atoms with E-state index in [1.165, 1.54) is 11.8 Å². The zero-order chi connectivity index (χ0) is 14.8. The zero-order valence-corrected chi connectivity index (χ0v) is 13.7. The molecule has 1 atom stereocenters. The minimum atomic E-state index is -0.405. The van der Waals surface area contributed by atoms with E-state index < -0.39 is 4.75 Å². The SMILES string of the molecule is CCCC1(Sc2cc(Cl)ccc2Cl)CN(CCN)C1=O.